The average Bonchev–Trinajstić information content (AvgIpc) is 2.65. The summed E-state index contributed by atoms with van der Waals surface area (Å²) in [4.78, 5) is 2.58. The summed E-state index contributed by atoms with van der Waals surface area (Å²) in [6.07, 6.45) is 5.76. The van der Waals surface area contributed by atoms with Crippen LogP contribution in [0.4, 0.5) is 0 Å². The first-order valence-electron chi connectivity index (χ1n) is 4.46. The lowest BCUT2D eigenvalue weighted by Gasteiger charge is -2.21. The van der Waals surface area contributed by atoms with E-state index in [2.05, 4.69) is 11.8 Å². The molecule has 0 spiro atoms. The molecule has 10 heavy (non-hydrogen) atoms. The Morgan fingerprint density at radius 2 is 1.80 bits per heavy atom. The van der Waals surface area contributed by atoms with E-state index >= 15 is 0 Å². The second-order valence-corrected chi connectivity index (χ2v) is 3.61. The maximum absolute atomic E-state index is 2.58. The molecule has 1 heteroatoms. The zero-order valence-electron chi connectivity index (χ0n) is 6.77. The third-order valence-corrected chi connectivity index (χ3v) is 2.77. The third kappa shape index (κ3) is 1.20. The van der Waals surface area contributed by atoms with Gasteiger partial charge in [-0.05, 0) is 51.6 Å². The number of hydrogen-bond acceptors (Lipinski definition) is 1. The van der Waals surface area contributed by atoms with E-state index < -0.39 is 0 Å². The van der Waals surface area contributed by atoms with Crippen molar-refractivity contribution < 1.29 is 0 Å². The Balaban J connectivity index is 1.84. The predicted octanol–water partition coefficient (Wildman–Crippen LogP) is 2.04. The number of rotatable bonds is 2. The molecule has 2 rings (SSSR count). The molecule has 0 aromatic heterocycles. The molecule has 1 nitrogen and oxygen atoms in total. The van der Waals surface area contributed by atoms with Crippen LogP contribution in [0.2, 0.25) is 0 Å². The van der Waals surface area contributed by atoms with Crippen LogP contribution in [0.25, 0.3) is 0 Å². The topological polar surface area (TPSA) is 3.24 Å². The van der Waals surface area contributed by atoms with Gasteiger partial charge in [0.25, 0.3) is 0 Å². The van der Waals surface area contributed by atoms with E-state index in [1.807, 2.05) is 0 Å². The Morgan fingerprint density at radius 1 is 1.20 bits per heavy atom. The van der Waals surface area contributed by atoms with Gasteiger partial charge in [-0.2, -0.15) is 0 Å². The van der Waals surface area contributed by atoms with E-state index in [1.54, 1.807) is 6.04 Å². The van der Waals surface area contributed by atoms with E-state index in [1.165, 1.54) is 38.8 Å². The summed E-state index contributed by atoms with van der Waals surface area (Å²) in [6, 6.07) is 1.68. The van der Waals surface area contributed by atoms with Crippen LogP contribution in [-0.2, 0) is 0 Å². The lowest BCUT2D eigenvalue weighted by Crippen LogP contribution is -2.24. The van der Waals surface area contributed by atoms with Gasteiger partial charge in [-0.3, -0.25) is 4.90 Å². The fraction of sp³-hybridized carbons (Fsp3) is 0.889. The largest absolute Gasteiger partial charge is 0.296 e. The highest BCUT2D eigenvalue weighted by Crippen LogP contribution is 2.40. The molecular formula is C9H16N. The summed E-state index contributed by atoms with van der Waals surface area (Å²) in [5.41, 5.74) is 0. The van der Waals surface area contributed by atoms with Crippen LogP contribution >= 0.6 is 0 Å². The van der Waals surface area contributed by atoms with Gasteiger partial charge in [0.2, 0.25) is 0 Å². The highest BCUT2D eigenvalue weighted by atomic mass is 15.2. The van der Waals surface area contributed by atoms with Gasteiger partial charge in [0.05, 0.1) is 0 Å². The molecule has 1 aliphatic carbocycles. The Kier molecular flexibility index (Phi) is 1.69. The van der Waals surface area contributed by atoms with Crippen molar-refractivity contribution in [2.75, 3.05) is 13.1 Å². The molecule has 0 N–H and O–H groups in total. The first-order valence-corrected chi connectivity index (χ1v) is 4.46. The molecular weight excluding hydrogens is 122 g/mol. The SMILES string of the molecule is C[C](C1CC1)N1CCCC1. The van der Waals surface area contributed by atoms with Crippen molar-refractivity contribution in [3.05, 3.63) is 6.04 Å². The number of likely N-dealkylation sites (tertiary alicyclic amines) is 1. The molecule has 2 aliphatic rings. The molecule has 2 fully saturated rings. The van der Waals surface area contributed by atoms with Crippen LogP contribution in [0.5, 0.6) is 0 Å². The minimum Gasteiger partial charge on any atom is -0.296 e. The molecule has 0 aromatic carbocycles. The van der Waals surface area contributed by atoms with Crippen molar-refractivity contribution in [3.63, 3.8) is 0 Å². The quantitative estimate of drug-likeness (QED) is 0.564. The zero-order valence-corrected chi connectivity index (χ0v) is 6.77. The minimum atomic E-state index is 0.984. The minimum absolute atomic E-state index is 0.984. The molecule has 1 saturated carbocycles. The number of hydrogen-bond donors (Lipinski definition) is 0. The van der Waals surface area contributed by atoms with E-state index in [9.17, 15) is 0 Å². The molecule has 0 aromatic rings. The van der Waals surface area contributed by atoms with Gasteiger partial charge < -0.3 is 0 Å². The molecule has 1 radical (unpaired) electrons. The molecule has 0 bridgehead atoms. The van der Waals surface area contributed by atoms with Crippen LogP contribution in [-0.4, -0.2) is 18.0 Å². The van der Waals surface area contributed by atoms with E-state index in [0.717, 1.165) is 5.92 Å². The van der Waals surface area contributed by atoms with Gasteiger partial charge in [0, 0.05) is 6.04 Å². The second kappa shape index (κ2) is 2.54. The average molecular weight is 138 g/mol. The van der Waals surface area contributed by atoms with E-state index in [-0.39, 0.29) is 0 Å². The fourth-order valence-electron chi connectivity index (χ4n) is 1.83. The van der Waals surface area contributed by atoms with Gasteiger partial charge >= 0.3 is 0 Å². The highest BCUT2D eigenvalue weighted by molar-refractivity contribution is 5.00. The van der Waals surface area contributed by atoms with E-state index in [0.29, 0.717) is 0 Å². The maximum atomic E-state index is 2.58. The summed E-state index contributed by atoms with van der Waals surface area (Å²) >= 11 is 0. The van der Waals surface area contributed by atoms with Gasteiger partial charge in [-0.15, -0.1) is 0 Å². The molecule has 1 heterocycles. The van der Waals surface area contributed by atoms with Gasteiger partial charge in [0.1, 0.15) is 0 Å². The maximum Gasteiger partial charge on any atom is 0.0393 e. The monoisotopic (exact) mass is 138 g/mol. The first kappa shape index (κ1) is 6.66. The smallest absolute Gasteiger partial charge is 0.0393 e. The van der Waals surface area contributed by atoms with Crippen LogP contribution in [0.1, 0.15) is 32.6 Å². The summed E-state index contributed by atoms with van der Waals surface area (Å²) in [7, 11) is 0. The third-order valence-electron chi connectivity index (χ3n) is 2.77. The Bertz CT molecular complexity index is 112. The van der Waals surface area contributed by atoms with Gasteiger partial charge in [-0.25, -0.2) is 0 Å². The second-order valence-electron chi connectivity index (χ2n) is 3.61. The fourth-order valence-corrected chi connectivity index (χ4v) is 1.83. The molecule has 0 unspecified atom stereocenters. The van der Waals surface area contributed by atoms with Crippen LogP contribution < -0.4 is 0 Å². The van der Waals surface area contributed by atoms with Gasteiger partial charge in [-0.1, -0.05) is 0 Å². The Labute approximate surface area is 63.4 Å². The highest BCUT2D eigenvalue weighted by Gasteiger charge is 2.33. The van der Waals surface area contributed by atoms with Crippen LogP contribution in [0, 0.1) is 12.0 Å². The standard InChI is InChI=1S/C9H16N/c1-8(9-4-5-9)10-6-2-3-7-10/h9H,2-7H2,1H3. The van der Waals surface area contributed by atoms with Crippen molar-refractivity contribution >= 4 is 0 Å². The molecule has 1 saturated heterocycles. The van der Waals surface area contributed by atoms with Crippen molar-refractivity contribution in [1.29, 1.82) is 0 Å². The molecule has 0 amide bonds. The summed E-state index contributed by atoms with van der Waals surface area (Å²) in [6.45, 7) is 4.99. The summed E-state index contributed by atoms with van der Waals surface area (Å²) < 4.78 is 0. The summed E-state index contributed by atoms with van der Waals surface area (Å²) in [5, 5.41) is 0. The normalized spacial score (nSPS) is 28.2. The molecule has 0 atom stereocenters. The van der Waals surface area contributed by atoms with Crippen molar-refractivity contribution in [3.8, 4) is 0 Å². The first-order chi connectivity index (χ1) is 4.88. The van der Waals surface area contributed by atoms with Crippen molar-refractivity contribution in [1.82, 2.24) is 4.90 Å². The van der Waals surface area contributed by atoms with E-state index in [4.69, 9.17) is 0 Å². The van der Waals surface area contributed by atoms with Crippen molar-refractivity contribution in [2.24, 2.45) is 5.92 Å². The number of nitrogens with zero attached hydrogens (tertiary/aromatic N) is 1. The Hall–Kier alpha value is -0.0400. The Morgan fingerprint density at radius 3 is 2.30 bits per heavy atom. The lowest BCUT2D eigenvalue weighted by molar-refractivity contribution is 0.329. The predicted molar refractivity (Wildman–Crippen MR) is 42.4 cm³/mol. The lowest BCUT2D eigenvalue weighted by atomic mass is 10.2. The molecule has 1 aliphatic heterocycles. The molecule has 57 valence electrons. The zero-order chi connectivity index (χ0) is 6.97. The van der Waals surface area contributed by atoms with Crippen molar-refractivity contribution in [2.45, 2.75) is 32.6 Å². The van der Waals surface area contributed by atoms with Crippen LogP contribution in [0.15, 0.2) is 0 Å². The summed E-state index contributed by atoms with van der Waals surface area (Å²) in [5.74, 6) is 0.984. The van der Waals surface area contributed by atoms with Gasteiger partial charge in [0.15, 0.2) is 0 Å². The van der Waals surface area contributed by atoms with Crippen LogP contribution in [0.3, 0.4) is 0 Å².